The van der Waals surface area contributed by atoms with Crippen molar-refractivity contribution in [3.63, 3.8) is 0 Å². The highest BCUT2D eigenvalue weighted by molar-refractivity contribution is 5.77. The third-order valence-corrected chi connectivity index (χ3v) is 6.08. The number of hydrogen-bond acceptors (Lipinski definition) is 4. The third-order valence-electron chi connectivity index (χ3n) is 6.08. The van der Waals surface area contributed by atoms with Crippen LogP contribution in [0.1, 0.15) is 75.4 Å². The van der Waals surface area contributed by atoms with Crippen LogP contribution < -0.4 is 5.56 Å². The van der Waals surface area contributed by atoms with E-state index in [1.54, 1.807) is 4.90 Å². The van der Waals surface area contributed by atoms with E-state index in [2.05, 4.69) is 5.10 Å². The number of rotatable bonds is 4. The molecule has 2 aliphatic rings. The molecule has 8 heteroatoms. The summed E-state index contributed by atoms with van der Waals surface area (Å²) in [5, 5.41) is 3.21. The number of likely N-dealkylation sites (tertiary alicyclic amines) is 1. The molecule has 2 aromatic rings. The molecule has 0 bridgehead atoms. The Bertz CT molecular complexity index is 992. The first kappa shape index (κ1) is 19.7. The number of H-pyrrole nitrogens is 1. The Balaban J connectivity index is 1.70. The fraction of sp³-hybridized carbons (Fsp3) is 0.619. The van der Waals surface area contributed by atoms with E-state index in [1.165, 1.54) is 4.52 Å². The van der Waals surface area contributed by atoms with E-state index in [-0.39, 0.29) is 23.4 Å². The van der Waals surface area contributed by atoms with Gasteiger partial charge in [0.05, 0.1) is 29.5 Å². The normalized spacial score (nSPS) is 19.4. The summed E-state index contributed by atoms with van der Waals surface area (Å²) in [7, 11) is 0. The number of piperidine rings is 1. The van der Waals surface area contributed by atoms with Crippen molar-refractivity contribution in [2.24, 2.45) is 0 Å². The summed E-state index contributed by atoms with van der Waals surface area (Å²) in [6, 6.07) is 1.87. The maximum atomic E-state index is 13.1. The van der Waals surface area contributed by atoms with Crippen molar-refractivity contribution in [1.82, 2.24) is 24.4 Å². The summed E-state index contributed by atoms with van der Waals surface area (Å²) in [4.78, 5) is 46.2. The van der Waals surface area contributed by atoms with Gasteiger partial charge in [-0.3, -0.25) is 19.5 Å². The molecule has 0 spiro atoms. The molecule has 0 saturated carbocycles. The number of amides is 2. The minimum absolute atomic E-state index is 0.0425. The zero-order chi connectivity index (χ0) is 20.5. The average Bonchev–Trinajstić information content (AvgIpc) is 3.17. The Morgan fingerprint density at radius 3 is 2.79 bits per heavy atom. The van der Waals surface area contributed by atoms with Crippen LogP contribution in [-0.4, -0.2) is 49.3 Å². The Morgan fingerprint density at radius 1 is 1.21 bits per heavy atom. The van der Waals surface area contributed by atoms with E-state index < -0.39 is 0 Å². The lowest BCUT2D eigenvalue weighted by Crippen LogP contribution is -2.40. The summed E-state index contributed by atoms with van der Waals surface area (Å²) >= 11 is 0. The molecule has 8 nitrogen and oxygen atoms in total. The number of aromatic nitrogens is 3. The van der Waals surface area contributed by atoms with E-state index in [1.807, 2.05) is 24.8 Å². The number of aromatic amines is 1. The summed E-state index contributed by atoms with van der Waals surface area (Å²) < 4.78 is 1.48. The van der Waals surface area contributed by atoms with Gasteiger partial charge in [0.15, 0.2) is 5.65 Å². The molecule has 1 saturated heterocycles. The summed E-state index contributed by atoms with van der Waals surface area (Å²) in [6.45, 7) is 5.52. The monoisotopic (exact) mass is 399 g/mol. The van der Waals surface area contributed by atoms with Gasteiger partial charge in [-0.05, 0) is 25.7 Å². The summed E-state index contributed by atoms with van der Waals surface area (Å²) in [5.74, 6) is 0.226. The number of carbonyl (C=O) groups excluding carboxylic acids is 2. The molecule has 1 atom stereocenters. The van der Waals surface area contributed by atoms with Gasteiger partial charge in [0.25, 0.3) is 5.56 Å². The van der Waals surface area contributed by atoms with Gasteiger partial charge in [0, 0.05) is 38.4 Å². The van der Waals surface area contributed by atoms with Gasteiger partial charge in [0.2, 0.25) is 11.8 Å². The van der Waals surface area contributed by atoms with Crippen LogP contribution in [0.25, 0.3) is 5.65 Å². The molecule has 156 valence electrons. The number of carbonyl (C=O) groups is 2. The topological polar surface area (TPSA) is 90.8 Å². The van der Waals surface area contributed by atoms with Gasteiger partial charge in [-0.1, -0.05) is 13.8 Å². The van der Waals surface area contributed by atoms with Crippen molar-refractivity contribution < 1.29 is 9.59 Å². The summed E-state index contributed by atoms with van der Waals surface area (Å²) in [5.41, 5.74) is 2.68. The van der Waals surface area contributed by atoms with Crippen LogP contribution in [0.5, 0.6) is 0 Å². The first-order valence-electron chi connectivity index (χ1n) is 10.7. The number of hydrogen-bond donors (Lipinski definition) is 1. The van der Waals surface area contributed by atoms with Crippen LogP contribution >= 0.6 is 0 Å². The van der Waals surface area contributed by atoms with Gasteiger partial charge in [-0.25, -0.2) is 9.50 Å². The Labute approximate surface area is 169 Å². The third kappa shape index (κ3) is 3.56. The molecular weight excluding hydrogens is 370 g/mol. The highest BCUT2D eigenvalue weighted by Gasteiger charge is 2.30. The van der Waals surface area contributed by atoms with Crippen LogP contribution in [0.3, 0.4) is 0 Å². The Morgan fingerprint density at radius 2 is 2.03 bits per heavy atom. The molecule has 0 unspecified atom stereocenters. The minimum Gasteiger partial charge on any atom is -0.338 e. The molecule has 0 radical (unpaired) electrons. The number of nitrogens with zero attached hydrogens (tertiary/aromatic N) is 4. The molecule has 4 rings (SSSR count). The fourth-order valence-corrected chi connectivity index (χ4v) is 4.52. The molecule has 2 aromatic heterocycles. The van der Waals surface area contributed by atoms with Gasteiger partial charge >= 0.3 is 0 Å². The highest BCUT2D eigenvalue weighted by atomic mass is 16.2. The van der Waals surface area contributed by atoms with E-state index in [0.717, 1.165) is 43.6 Å². The van der Waals surface area contributed by atoms with E-state index >= 15 is 0 Å². The predicted octanol–water partition coefficient (Wildman–Crippen LogP) is 2.17. The number of fused-ring (bicyclic) bond motifs is 2. The molecule has 1 fully saturated rings. The van der Waals surface area contributed by atoms with E-state index in [4.69, 9.17) is 4.98 Å². The number of nitrogens with one attached hydrogen (secondary N) is 1. The zero-order valence-electron chi connectivity index (χ0n) is 17.2. The lowest BCUT2D eigenvalue weighted by Gasteiger charge is -2.35. The molecule has 2 amide bonds. The fourth-order valence-electron chi connectivity index (χ4n) is 4.52. The van der Waals surface area contributed by atoms with Crippen molar-refractivity contribution >= 4 is 17.5 Å². The molecule has 0 aromatic carbocycles. The molecule has 4 heterocycles. The molecule has 29 heavy (non-hydrogen) atoms. The van der Waals surface area contributed by atoms with Crippen molar-refractivity contribution in [3.05, 3.63) is 33.4 Å². The van der Waals surface area contributed by atoms with E-state index in [9.17, 15) is 14.4 Å². The van der Waals surface area contributed by atoms with Crippen molar-refractivity contribution in [1.29, 1.82) is 0 Å². The summed E-state index contributed by atoms with van der Waals surface area (Å²) in [6.07, 6.45) is 5.36. The van der Waals surface area contributed by atoms with Crippen molar-refractivity contribution in [2.75, 3.05) is 13.1 Å². The lowest BCUT2D eigenvalue weighted by molar-refractivity contribution is -0.135. The standard InChI is InChI=1S/C21H29N5O3/c1-3-7-20(28)25-10-6-5-8-17(25)16-12-18-22-15-9-11-24(19(27)4-2)13-14(15)21(29)26(18)23-16/h12,17,23H,3-11,13H2,1-2H3/t17-/m1/s1. The largest absolute Gasteiger partial charge is 0.338 e. The average molecular weight is 399 g/mol. The van der Waals surface area contributed by atoms with Crippen LogP contribution in [0, 0.1) is 0 Å². The zero-order valence-corrected chi connectivity index (χ0v) is 17.2. The van der Waals surface area contributed by atoms with Crippen LogP contribution in [-0.2, 0) is 22.6 Å². The predicted molar refractivity (Wildman–Crippen MR) is 108 cm³/mol. The second kappa shape index (κ2) is 8.00. The first-order chi connectivity index (χ1) is 14.0. The first-order valence-corrected chi connectivity index (χ1v) is 10.7. The Hall–Kier alpha value is -2.64. The van der Waals surface area contributed by atoms with Crippen molar-refractivity contribution in [2.45, 2.75) is 71.4 Å². The minimum atomic E-state index is -0.146. The highest BCUT2D eigenvalue weighted by Crippen LogP contribution is 2.31. The maximum Gasteiger partial charge on any atom is 0.277 e. The Kier molecular flexibility index (Phi) is 5.43. The van der Waals surface area contributed by atoms with Crippen molar-refractivity contribution in [3.8, 4) is 0 Å². The second-order valence-electron chi connectivity index (χ2n) is 8.01. The SMILES string of the molecule is CCCC(=O)N1CCCC[C@@H]1c1cc2nc3c(c(=O)n2[nH]1)CN(C(=O)CC)CC3. The van der Waals surface area contributed by atoms with Crippen LogP contribution in [0.4, 0.5) is 0 Å². The van der Waals surface area contributed by atoms with Gasteiger partial charge in [0.1, 0.15) is 0 Å². The second-order valence-corrected chi connectivity index (χ2v) is 8.01. The molecule has 2 aliphatic heterocycles. The quantitative estimate of drug-likeness (QED) is 0.853. The van der Waals surface area contributed by atoms with Crippen LogP contribution in [0.15, 0.2) is 10.9 Å². The van der Waals surface area contributed by atoms with Gasteiger partial charge < -0.3 is 9.80 Å². The van der Waals surface area contributed by atoms with Gasteiger partial charge in [-0.2, -0.15) is 0 Å². The smallest absolute Gasteiger partial charge is 0.277 e. The molecule has 0 aliphatic carbocycles. The van der Waals surface area contributed by atoms with Gasteiger partial charge in [-0.15, -0.1) is 0 Å². The lowest BCUT2D eigenvalue weighted by atomic mass is 9.98. The molecule has 1 N–H and O–H groups in total. The maximum absolute atomic E-state index is 13.1. The molecular formula is C21H29N5O3. The van der Waals surface area contributed by atoms with Crippen LogP contribution in [0.2, 0.25) is 0 Å². The van der Waals surface area contributed by atoms with E-state index in [0.29, 0.717) is 43.6 Å².